The van der Waals surface area contributed by atoms with Gasteiger partial charge in [-0.15, -0.1) is 0 Å². The van der Waals surface area contributed by atoms with Crippen molar-refractivity contribution in [3.63, 3.8) is 0 Å². The maximum atomic E-state index is 4.23. The Morgan fingerprint density at radius 3 is 1.43 bits per heavy atom. The van der Waals surface area contributed by atoms with Gasteiger partial charge < -0.3 is 0 Å². The van der Waals surface area contributed by atoms with Gasteiger partial charge in [-0.3, -0.25) is 0 Å². The maximum absolute atomic E-state index is 4.23. The zero-order valence-electron chi connectivity index (χ0n) is 25.9. The van der Waals surface area contributed by atoms with Gasteiger partial charge in [0.2, 0.25) is 0 Å². The van der Waals surface area contributed by atoms with Crippen LogP contribution in [0, 0.1) is 11.8 Å². The van der Waals surface area contributed by atoms with E-state index in [9.17, 15) is 0 Å². The predicted molar refractivity (Wildman–Crippen MR) is 171 cm³/mol. The molecule has 2 aromatic carbocycles. The molecule has 0 amide bonds. The van der Waals surface area contributed by atoms with Crippen molar-refractivity contribution in [2.75, 3.05) is 0 Å². The fourth-order valence-electron chi connectivity index (χ4n) is 1.96. The second kappa shape index (κ2) is 37.2. The number of nitrogens with zero attached hydrogens (tertiary/aromatic N) is 3. The summed E-state index contributed by atoms with van der Waals surface area (Å²) in [6, 6.07) is 25.6. The minimum absolute atomic E-state index is 0. The molecule has 208 valence electrons. The summed E-state index contributed by atoms with van der Waals surface area (Å²) in [7, 11) is 0. The number of fused-ring (bicyclic) bond motifs is 1. The van der Waals surface area contributed by atoms with Crippen LogP contribution in [0.4, 0.5) is 0 Å². The SMILES string of the molecule is C(#Cc1cnc2cccnn12)c1ccccc1.CC.CC.CC.CC.CCC.CCC.[2HH].c1ccccc1. The summed E-state index contributed by atoms with van der Waals surface area (Å²) in [6.07, 6.45) is 5.96. The standard InChI is InChI=1S/C14H9N3.C6H6.2C3H8.4C2H6.H2/c1-2-5-12(6-3-1)8-9-13-11-15-14-7-4-10-16-17(13)14;1-2-4-6-5-3-1;2*1-3-2;4*1-2;/h1-7,10-11H;1-6H;2*3H2,1-2H3;4*1-2H3;1H/i;;;;;;;;1+1. The molecule has 0 radical (unpaired) electrons. The number of rotatable bonds is 0. The van der Waals surface area contributed by atoms with E-state index in [4.69, 9.17) is 0 Å². The van der Waals surface area contributed by atoms with Gasteiger partial charge >= 0.3 is 0 Å². The molecular formula is C34H57N3. The Kier molecular flexibility index (Phi) is 41.0. The smallest absolute Gasteiger partial charge is 0.154 e. The van der Waals surface area contributed by atoms with Crippen LogP contribution in [0.15, 0.2) is 91.3 Å². The third-order valence-electron chi connectivity index (χ3n) is 3.05. The van der Waals surface area contributed by atoms with E-state index in [1.807, 2.05) is 134 Å². The van der Waals surface area contributed by atoms with Crippen LogP contribution in [0.25, 0.3) is 5.65 Å². The van der Waals surface area contributed by atoms with Crippen LogP contribution in [0.3, 0.4) is 0 Å². The summed E-state index contributed by atoms with van der Waals surface area (Å²) in [5.74, 6) is 6.16. The van der Waals surface area contributed by atoms with Crippen molar-refractivity contribution >= 4 is 5.65 Å². The minimum Gasteiger partial charge on any atom is -0.234 e. The highest BCUT2D eigenvalue weighted by atomic mass is 15.2. The molecule has 0 atom stereocenters. The topological polar surface area (TPSA) is 30.2 Å². The van der Waals surface area contributed by atoms with Crippen LogP contribution in [-0.4, -0.2) is 14.6 Å². The van der Waals surface area contributed by atoms with Crippen molar-refractivity contribution in [1.82, 2.24) is 14.6 Å². The Balaban J connectivity index is -0.000000145. The third-order valence-corrected chi connectivity index (χ3v) is 3.05. The van der Waals surface area contributed by atoms with E-state index >= 15 is 0 Å². The van der Waals surface area contributed by atoms with E-state index < -0.39 is 0 Å². The van der Waals surface area contributed by atoms with Crippen LogP contribution >= 0.6 is 0 Å². The highest BCUT2D eigenvalue weighted by Gasteiger charge is 1.98. The summed E-state index contributed by atoms with van der Waals surface area (Å²) in [6.45, 7) is 24.5. The highest BCUT2D eigenvalue weighted by Crippen LogP contribution is 2.03. The number of aromatic nitrogens is 3. The molecule has 3 nitrogen and oxygen atoms in total. The van der Waals surface area contributed by atoms with Gasteiger partial charge in [0.1, 0.15) is 5.69 Å². The van der Waals surface area contributed by atoms with Crippen molar-refractivity contribution in [2.24, 2.45) is 0 Å². The average molecular weight is 509 g/mol. The highest BCUT2D eigenvalue weighted by molar-refractivity contribution is 5.45. The molecule has 0 saturated heterocycles. The number of hydrogen-bond acceptors (Lipinski definition) is 2. The van der Waals surface area contributed by atoms with Crippen LogP contribution in [0.2, 0.25) is 0 Å². The lowest BCUT2D eigenvalue weighted by atomic mass is 10.2. The summed E-state index contributed by atoms with van der Waals surface area (Å²) in [5, 5.41) is 4.21. The average Bonchev–Trinajstić information content (AvgIpc) is 3.42. The molecular weight excluding hydrogens is 450 g/mol. The third kappa shape index (κ3) is 24.1. The molecule has 0 bridgehead atoms. The molecule has 4 rings (SSSR count). The van der Waals surface area contributed by atoms with E-state index in [1.54, 1.807) is 16.9 Å². The first-order valence-electron chi connectivity index (χ1n) is 14.1. The molecule has 0 N–H and O–H groups in total. The van der Waals surface area contributed by atoms with Crippen LogP contribution in [-0.2, 0) is 0 Å². The largest absolute Gasteiger partial charge is 0.234 e. The Labute approximate surface area is 231 Å². The van der Waals surface area contributed by atoms with Crippen molar-refractivity contribution in [2.45, 2.75) is 95.9 Å². The van der Waals surface area contributed by atoms with Crippen molar-refractivity contribution in [1.29, 1.82) is 0 Å². The van der Waals surface area contributed by atoms with E-state index in [2.05, 4.69) is 49.6 Å². The first-order chi connectivity index (χ1) is 18.3. The van der Waals surface area contributed by atoms with Gasteiger partial charge in [0, 0.05) is 13.2 Å². The fraction of sp³-hybridized carbons (Fsp3) is 0.412. The Morgan fingerprint density at radius 2 is 1.00 bits per heavy atom. The molecule has 0 spiro atoms. The fourth-order valence-corrected chi connectivity index (χ4v) is 1.96. The summed E-state index contributed by atoms with van der Waals surface area (Å²) < 4.78 is 1.73. The van der Waals surface area contributed by atoms with Crippen molar-refractivity contribution in [3.8, 4) is 11.8 Å². The van der Waals surface area contributed by atoms with Crippen LogP contribution in [0.5, 0.6) is 0 Å². The first-order valence-corrected chi connectivity index (χ1v) is 14.1. The lowest BCUT2D eigenvalue weighted by Crippen LogP contribution is -1.92. The molecule has 2 aromatic heterocycles. The zero-order chi connectivity index (χ0) is 29.2. The van der Waals surface area contributed by atoms with Gasteiger partial charge in [-0.25, -0.2) is 9.50 Å². The zero-order valence-corrected chi connectivity index (χ0v) is 25.9. The molecule has 0 aliphatic heterocycles. The van der Waals surface area contributed by atoms with Gasteiger partial charge in [0.05, 0.1) is 6.20 Å². The normalized spacial score (nSPS) is 7.46. The molecule has 0 unspecified atom stereocenters. The van der Waals surface area contributed by atoms with E-state index in [0.717, 1.165) is 16.9 Å². The maximum Gasteiger partial charge on any atom is 0.154 e. The Hall–Kier alpha value is -3.38. The lowest BCUT2D eigenvalue weighted by molar-refractivity contribution is 0.923. The second-order valence-corrected chi connectivity index (χ2v) is 6.12. The van der Waals surface area contributed by atoms with Gasteiger partial charge in [0.15, 0.2) is 5.65 Å². The number of imidazole rings is 1. The molecule has 0 saturated carbocycles. The first kappa shape index (κ1) is 40.8. The van der Waals surface area contributed by atoms with Crippen LogP contribution in [0.1, 0.15) is 109 Å². The van der Waals surface area contributed by atoms with Gasteiger partial charge in [-0.05, 0) is 30.2 Å². The monoisotopic (exact) mass is 508 g/mol. The van der Waals surface area contributed by atoms with Crippen molar-refractivity contribution < 1.29 is 1.43 Å². The molecule has 0 aliphatic rings. The second-order valence-electron chi connectivity index (χ2n) is 6.12. The molecule has 3 heteroatoms. The van der Waals surface area contributed by atoms with E-state index in [0.29, 0.717) is 0 Å². The summed E-state index contributed by atoms with van der Waals surface area (Å²) in [4.78, 5) is 4.23. The number of benzene rings is 2. The van der Waals surface area contributed by atoms with Gasteiger partial charge in [-0.1, -0.05) is 156 Å². The number of hydrogen-bond donors (Lipinski definition) is 0. The molecule has 37 heavy (non-hydrogen) atoms. The lowest BCUT2D eigenvalue weighted by Gasteiger charge is -1.91. The minimum atomic E-state index is 0. The quantitative estimate of drug-likeness (QED) is 0.221. The predicted octanol–water partition coefficient (Wildman–Crippen LogP) is 11.0. The summed E-state index contributed by atoms with van der Waals surface area (Å²) in [5.41, 5.74) is 2.59. The van der Waals surface area contributed by atoms with Crippen LogP contribution < -0.4 is 0 Å². The molecule has 2 heterocycles. The van der Waals surface area contributed by atoms with Crippen molar-refractivity contribution in [3.05, 3.63) is 103 Å². The van der Waals surface area contributed by atoms with Gasteiger partial charge in [0.25, 0.3) is 0 Å². The summed E-state index contributed by atoms with van der Waals surface area (Å²) >= 11 is 0. The molecule has 0 fully saturated rings. The molecule has 4 aromatic rings. The van der Waals surface area contributed by atoms with Gasteiger partial charge in [-0.2, -0.15) is 5.10 Å². The molecule has 0 aliphatic carbocycles. The Bertz CT molecular complexity index is 928. The van der Waals surface area contributed by atoms with E-state index in [1.165, 1.54) is 12.8 Å². The Morgan fingerprint density at radius 1 is 0.595 bits per heavy atom. The van der Waals surface area contributed by atoms with E-state index in [-0.39, 0.29) is 1.43 Å².